The number of halogens is 2. The zero-order valence-corrected chi connectivity index (χ0v) is 9.94. The van der Waals surface area contributed by atoms with Gasteiger partial charge in [0.25, 0.3) is 0 Å². The lowest BCUT2D eigenvalue weighted by molar-refractivity contribution is 0.576. The van der Waals surface area contributed by atoms with Crippen LogP contribution < -0.4 is 0 Å². The van der Waals surface area contributed by atoms with Crippen molar-refractivity contribution in [2.24, 2.45) is 0 Å². The second kappa shape index (κ2) is 4.30. The molecule has 0 unspecified atom stereocenters. The molecule has 1 aromatic carbocycles. The van der Waals surface area contributed by atoms with Crippen molar-refractivity contribution in [2.45, 2.75) is 20.3 Å². The fraction of sp³-hybridized carbons (Fsp3) is 0.231. The normalized spacial score (nSPS) is 12.4. The van der Waals surface area contributed by atoms with E-state index in [1.165, 1.54) is 6.08 Å². The standard InChI is InChI=1S/C13H12ClFO/c1-3-10(15)7-12-8(2)16-13-6-9(14)4-5-11(12)13/h4-7H,3H2,1-2H3/b10-7+. The minimum absolute atomic E-state index is 0.152. The summed E-state index contributed by atoms with van der Waals surface area (Å²) >= 11 is 5.86. The Labute approximate surface area is 98.5 Å². The zero-order valence-electron chi connectivity index (χ0n) is 9.18. The lowest BCUT2D eigenvalue weighted by Crippen LogP contribution is -1.75. The molecule has 3 heteroatoms. The summed E-state index contributed by atoms with van der Waals surface area (Å²) in [5.74, 6) is 0.557. The number of allylic oxidation sites excluding steroid dienone is 1. The molecule has 2 aromatic rings. The predicted molar refractivity (Wildman–Crippen MR) is 65.3 cm³/mol. The minimum atomic E-state index is -0.152. The highest BCUT2D eigenvalue weighted by Crippen LogP contribution is 2.30. The summed E-state index contributed by atoms with van der Waals surface area (Å²) in [6.07, 6.45) is 1.91. The van der Waals surface area contributed by atoms with Gasteiger partial charge in [-0.05, 0) is 31.6 Å². The summed E-state index contributed by atoms with van der Waals surface area (Å²) in [6, 6.07) is 5.37. The SMILES string of the molecule is CC/C(F)=C\c1c(C)oc2cc(Cl)ccc12. The van der Waals surface area contributed by atoms with E-state index in [1.807, 2.05) is 13.0 Å². The molecule has 0 spiro atoms. The molecule has 0 amide bonds. The van der Waals surface area contributed by atoms with Crippen molar-refractivity contribution in [1.29, 1.82) is 0 Å². The molecule has 0 saturated carbocycles. The molecule has 0 radical (unpaired) electrons. The topological polar surface area (TPSA) is 13.1 Å². The van der Waals surface area contributed by atoms with Crippen LogP contribution in [-0.4, -0.2) is 0 Å². The first-order chi connectivity index (χ1) is 7.61. The van der Waals surface area contributed by atoms with Crippen molar-refractivity contribution >= 4 is 28.6 Å². The zero-order chi connectivity index (χ0) is 11.7. The third kappa shape index (κ3) is 1.98. The molecule has 0 N–H and O–H groups in total. The largest absolute Gasteiger partial charge is 0.461 e. The van der Waals surface area contributed by atoms with Crippen LogP contribution in [0.3, 0.4) is 0 Å². The number of hydrogen-bond donors (Lipinski definition) is 0. The molecule has 2 rings (SSSR count). The van der Waals surface area contributed by atoms with Crippen LogP contribution in [0.2, 0.25) is 5.02 Å². The molecule has 1 aromatic heterocycles. The summed E-state index contributed by atoms with van der Waals surface area (Å²) in [7, 11) is 0. The average Bonchev–Trinajstić information content (AvgIpc) is 2.54. The Balaban J connectivity index is 2.65. The Morgan fingerprint density at radius 2 is 2.25 bits per heavy atom. The number of furan rings is 1. The summed E-state index contributed by atoms with van der Waals surface area (Å²) in [5.41, 5.74) is 1.49. The number of aryl methyl sites for hydroxylation is 1. The first-order valence-corrected chi connectivity index (χ1v) is 5.54. The maximum atomic E-state index is 13.3. The second-order valence-corrected chi connectivity index (χ2v) is 4.09. The molecular formula is C13H12ClFO. The Bertz CT molecular complexity index is 554. The van der Waals surface area contributed by atoms with Gasteiger partial charge in [0.15, 0.2) is 0 Å². The lowest BCUT2D eigenvalue weighted by atomic mass is 10.1. The smallest absolute Gasteiger partial charge is 0.136 e. The van der Waals surface area contributed by atoms with E-state index >= 15 is 0 Å². The van der Waals surface area contributed by atoms with E-state index in [0.717, 1.165) is 10.9 Å². The first kappa shape index (κ1) is 11.2. The highest BCUT2D eigenvalue weighted by atomic mass is 35.5. The van der Waals surface area contributed by atoms with Crippen molar-refractivity contribution in [2.75, 3.05) is 0 Å². The van der Waals surface area contributed by atoms with Gasteiger partial charge in [0.1, 0.15) is 17.2 Å². The van der Waals surface area contributed by atoms with E-state index in [-0.39, 0.29) is 5.83 Å². The minimum Gasteiger partial charge on any atom is -0.461 e. The van der Waals surface area contributed by atoms with E-state index in [2.05, 4.69) is 0 Å². The highest BCUT2D eigenvalue weighted by Gasteiger charge is 2.09. The van der Waals surface area contributed by atoms with E-state index < -0.39 is 0 Å². The fourth-order valence-electron chi connectivity index (χ4n) is 1.65. The van der Waals surface area contributed by atoms with Crippen LogP contribution in [0.4, 0.5) is 4.39 Å². The van der Waals surface area contributed by atoms with E-state index in [9.17, 15) is 4.39 Å². The molecule has 84 valence electrons. The van der Waals surface area contributed by atoms with Gasteiger partial charge in [0.2, 0.25) is 0 Å². The molecule has 0 aliphatic heterocycles. The Morgan fingerprint density at radius 1 is 1.50 bits per heavy atom. The van der Waals surface area contributed by atoms with Crippen molar-refractivity contribution < 1.29 is 8.81 Å². The van der Waals surface area contributed by atoms with Crippen molar-refractivity contribution in [3.05, 3.63) is 40.4 Å². The maximum Gasteiger partial charge on any atom is 0.136 e. The molecule has 0 atom stereocenters. The van der Waals surface area contributed by atoms with Gasteiger partial charge in [-0.25, -0.2) is 4.39 Å². The third-order valence-electron chi connectivity index (χ3n) is 2.51. The van der Waals surface area contributed by atoms with E-state index in [1.54, 1.807) is 19.1 Å². The van der Waals surface area contributed by atoms with Crippen molar-refractivity contribution in [1.82, 2.24) is 0 Å². The quantitative estimate of drug-likeness (QED) is 0.708. The monoisotopic (exact) mass is 238 g/mol. The number of benzene rings is 1. The van der Waals surface area contributed by atoms with Gasteiger partial charge in [-0.15, -0.1) is 0 Å². The summed E-state index contributed by atoms with van der Waals surface area (Å²) in [6.45, 7) is 3.60. The van der Waals surface area contributed by atoms with Crippen molar-refractivity contribution in [3.8, 4) is 0 Å². The number of hydrogen-bond acceptors (Lipinski definition) is 1. The maximum absolute atomic E-state index is 13.3. The van der Waals surface area contributed by atoms with Gasteiger partial charge in [0, 0.05) is 22.0 Å². The molecule has 0 aliphatic carbocycles. The molecule has 16 heavy (non-hydrogen) atoms. The second-order valence-electron chi connectivity index (χ2n) is 3.66. The summed E-state index contributed by atoms with van der Waals surface area (Å²) < 4.78 is 18.8. The van der Waals surface area contributed by atoms with Gasteiger partial charge >= 0.3 is 0 Å². The van der Waals surface area contributed by atoms with Gasteiger partial charge < -0.3 is 4.42 Å². The average molecular weight is 239 g/mol. The van der Waals surface area contributed by atoms with Crippen LogP contribution >= 0.6 is 11.6 Å². The molecule has 0 aliphatic rings. The molecule has 0 fully saturated rings. The molecule has 1 nitrogen and oxygen atoms in total. The summed E-state index contributed by atoms with van der Waals surface area (Å²) in [5, 5.41) is 1.51. The fourth-order valence-corrected chi connectivity index (χ4v) is 1.81. The lowest BCUT2D eigenvalue weighted by Gasteiger charge is -1.93. The molecule has 1 heterocycles. The number of rotatable bonds is 2. The van der Waals surface area contributed by atoms with Crippen LogP contribution in [0.25, 0.3) is 17.0 Å². The Hall–Kier alpha value is -1.28. The molecule has 0 saturated heterocycles. The van der Waals surface area contributed by atoms with Gasteiger partial charge in [-0.3, -0.25) is 0 Å². The highest BCUT2D eigenvalue weighted by molar-refractivity contribution is 6.31. The van der Waals surface area contributed by atoms with Crippen LogP contribution in [0, 0.1) is 6.92 Å². The number of fused-ring (bicyclic) bond motifs is 1. The summed E-state index contributed by atoms with van der Waals surface area (Å²) in [4.78, 5) is 0. The Morgan fingerprint density at radius 3 is 2.94 bits per heavy atom. The van der Waals surface area contributed by atoms with Crippen LogP contribution in [-0.2, 0) is 0 Å². The predicted octanol–water partition coefficient (Wildman–Crippen LogP) is 5.12. The van der Waals surface area contributed by atoms with E-state index in [4.69, 9.17) is 16.0 Å². The van der Waals surface area contributed by atoms with Crippen LogP contribution in [0.1, 0.15) is 24.7 Å². The van der Waals surface area contributed by atoms with Gasteiger partial charge in [0.05, 0.1) is 0 Å². The third-order valence-corrected chi connectivity index (χ3v) is 2.75. The first-order valence-electron chi connectivity index (χ1n) is 5.16. The van der Waals surface area contributed by atoms with E-state index in [0.29, 0.717) is 22.8 Å². The van der Waals surface area contributed by atoms with Crippen LogP contribution in [0.15, 0.2) is 28.4 Å². The van der Waals surface area contributed by atoms with Gasteiger partial charge in [-0.2, -0.15) is 0 Å². The van der Waals surface area contributed by atoms with Crippen molar-refractivity contribution in [3.63, 3.8) is 0 Å². The van der Waals surface area contributed by atoms with Gasteiger partial charge in [-0.1, -0.05) is 18.5 Å². The molecular weight excluding hydrogens is 227 g/mol. The van der Waals surface area contributed by atoms with Crippen LogP contribution in [0.5, 0.6) is 0 Å². The Kier molecular flexibility index (Phi) is 3.01. The molecule has 0 bridgehead atoms.